The lowest BCUT2D eigenvalue weighted by Gasteiger charge is -2.16. The number of carbonyl (C=O) groups excluding carboxylic acids is 1. The molecular weight excluding hydrogens is 134 g/mol. The molecule has 4 nitrogen and oxygen atoms in total. The number of rotatable bonds is 3. The second-order valence-electron chi connectivity index (χ2n) is 2.16. The third kappa shape index (κ3) is 2.80. The minimum Gasteiger partial charge on any atom is -0.395 e. The van der Waals surface area contributed by atoms with E-state index in [1.165, 1.54) is 18.9 Å². The first-order chi connectivity index (χ1) is 4.59. The Bertz CT molecular complexity index is 114. The molecule has 0 saturated heterocycles. The minimum atomic E-state index is -0.975. The fourth-order valence-electron chi connectivity index (χ4n) is 0.579. The quantitative estimate of drug-likeness (QED) is 0.528. The van der Waals surface area contributed by atoms with Crippen molar-refractivity contribution in [3.05, 3.63) is 0 Å². The van der Waals surface area contributed by atoms with E-state index in [0.717, 1.165) is 0 Å². The van der Waals surface area contributed by atoms with E-state index < -0.39 is 6.10 Å². The van der Waals surface area contributed by atoms with Crippen molar-refractivity contribution in [1.82, 2.24) is 4.90 Å². The maximum atomic E-state index is 10.8. The summed E-state index contributed by atoms with van der Waals surface area (Å²) < 4.78 is 0. The molecule has 0 heterocycles. The number of nitrogens with zero attached hydrogens (tertiary/aromatic N) is 1. The lowest BCUT2D eigenvalue weighted by atomic mass is 10.3. The molecule has 0 aliphatic carbocycles. The molecule has 0 radical (unpaired) electrons. The highest BCUT2D eigenvalue weighted by Crippen LogP contribution is 1.89. The molecule has 2 N–H and O–H groups in total. The second kappa shape index (κ2) is 4.24. The van der Waals surface area contributed by atoms with Crippen molar-refractivity contribution in [2.75, 3.05) is 20.2 Å². The van der Waals surface area contributed by atoms with Crippen molar-refractivity contribution in [3.63, 3.8) is 0 Å². The van der Waals surface area contributed by atoms with Gasteiger partial charge in [0.15, 0.2) is 0 Å². The zero-order valence-corrected chi connectivity index (χ0v) is 6.24. The van der Waals surface area contributed by atoms with Gasteiger partial charge in [0, 0.05) is 13.6 Å². The fourth-order valence-corrected chi connectivity index (χ4v) is 0.579. The van der Waals surface area contributed by atoms with Gasteiger partial charge in [0.1, 0.15) is 6.10 Å². The number of hydrogen-bond acceptors (Lipinski definition) is 3. The molecule has 0 aliphatic rings. The topological polar surface area (TPSA) is 60.8 Å². The number of aliphatic hydroxyl groups excluding tert-OH is 2. The van der Waals surface area contributed by atoms with Gasteiger partial charge in [-0.2, -0.15) is 0 Å². The van der Waals surface area contributed by atoms with E-state index >= 15 is 0 Å². The van der Waals surface area contributed by atoms with Crippen molar-refractivity contribution >= 4 is 5.91 Å². The first-order valence-corrected chi connectivity index (χ1v) is 3.13. The SMILES string of the molecule is C[C@H](O)C(=O)N(C)CCO. The van der Waals surface area contributed by atoms with E-state index in [1.807, 2.05) is 0 Å². The molecular formula is C6H13NO3. The lowest BCUT2D eigenvalue weighted by Crippen LogP contribution is -2.36. The highest BCUT2D eigenvalue weighted by Gasteiger charge is 2.12. The van der Waals surface area contributed by atoms with E-state index in [2.05, 4.69) is 0 Å². The van der Waals surface area contributed by atoms with Gasteiger partial charge in [0.2, 0.25) is 0 Å². The molecule has 4 heteroatoms. The van der Waals surface area contributed by atoms with Gasteiger partial charge in [-0.3, -0.25) is 4.79 Å². The Kier molecular flexibility index (Phi) is 3.99. The number of carbonyl (C=O) groups is 1. The third-order valence-corrected chi connectivity index (χ3v) is 1.17. The molecule has 0 aromatic rings. The molecule has 0 spiro atoms. The summed E-state index contributed by atoms with van der Waals surface area (Å²) in [6.07, 6.45) is -0.975. The predicted octanol–water partition coefficient (Wildman–Crippen LogP) is -1.18. The van der Waals surface area contributed by atoms with Gasteiger partial charge < -0.3 is 15.1 Å². The molecule has 60 valence electrons. The summed E-state index contributed by atoms with van der Waals surface area (Å²) in [4.78, 5) is 12.1. The molecule has 0 aliphatic heterocycles. The Hall–Kier alpha value is -0.610. The number of likely N-dealkylation sites (N-methyl/N-ethyl adjacent to an activating group) is 1. The summed E-state index contributed by atoms with van der Waals surface area (Å²) in [5.74, 6) is -0.367. The molecule has 0 aromatic carbocycles. The average molecular weight is 147 g/mol. The fraction of sp³-hybridized carbons (Fsp3) is 0.833. The van der Waals surface area contributed by atoms with Gasteiger partial charge in [-0.05, 0) is 6.92 Å². The van der Waals surface area contributed by atoms with Gasteiger partial charge in [-0.15, -0.1) is 0 Å². The molecule has 0 unspecified atom stereocenters. The monoisotopic (exact) mass is 147 g/mol. The summed E-state index contributed by atoms with van der Waals surface area (Å²) in [6.45, 7) is 1.59. The third-order valence-electron chi connectivity index (χ3n) is 1.17. The maximum absolute atomic E-state index is 10.8. The Labute approximate surface area is 60.1 Å². The molecule has 10 heavy (non-hydrogen) atoms. The van der Waals surface area contributed by atoms with Crippen LogP contribution >= 0.6 is 0 Å². The number of hydrogen-bond donors (Lipinski definition) is 2. The summed E-state index contributed by atoms with van der Waals surface area (Å²) >= 11 is 0. The highest BCUT2D eigenvalue weighted by atomic mass is 16.3. The summed E-state index contributed by atoms with van der Waals surface area (Å²) in [6, 6.07) is 0. The van der Waals surface area contributed by atoms with Gasteiger partial charge in [0.25, 0.3) is 5.91 Å². The van der Waals surface area contributed by atoms with Crippen molar-refractivity contribution in [3.8, 4) is 0 Å². The van der Waals surface area contributed by atoms with Gasteiger partial charge in [0.05, 0.1) is 6.61 Å². The first-order valence-electron chi connectivity index (χ1n) is 3.13. The van der Waals surface area contributed by atoms with Crippen molar-refractivity contribution < 1.29 is 15.0 Å². The van der Waals surface area contributed by atoms with Crippen LogP contribution in [-0.4, -0.2) is 47.3 Å². The number of amides is 1. The smallest absolute Gasteiger partial charge is 0.250 e. The summed E-state index contributed by atoms with van der Waals surface area (Å²) in [7, 11) is 1.53. The van der Waals surface area contributed by atoms with Crippen LogP contribution in [-0.2, 0) is 4.79 Å². The Morgan fingerprint density at radius 3 is 2.50 bits per heavy atom. The Balaban J connectivity index is 3.71. The van der Waals surface area contributed by atoms with Crippen LogP contribution in [0.15, 0.2) is 0 Å². The van der Waals surface area contributed by atoms with E-state index in [-0.39, 0.29) is 19.1 Å². The van der Waals surface area contributed by atoms with Crippen LogP contribution in [0.1, 0.15) is 6.92 Å². The van der Waals surface area contributed by atoms with E-state index in [9.17, 15) is 4.79 Å². The highest BCUT2D eigenvalue weighted by molar-refractivity contribution is 5.79. The van der Waals surface area contributed by atoms with Crippen LogP contribution in [0.4, 0.5) is 0 Å². The predicted molar refractivity (Wildman–Crippen MR) is 36.4 cm³/mol. The van der Waals surface area contributed by atoms with Crippen molar-refractivity contribution in [2.24, 2.45) is 0 Å². The Morgan fingerprint density at radius 2 is 2.20 bits per heavy atom. The molecule has 0 fully saturated rings. The molecule has 1 amide bonds. The standard InChI is InChI=1S/C6H13NO3/c1-5(9)6(10)7(2)3-4-8/h5,8-9H,3-4H2,1-2H3/t5-/m0/s1. The molecule has 1 atom stereocenters. The van der Waals surface area contributed by atoms with Crippen LogP contribution in [0.25, 0.3) is 0 Å². The molecule has 0 saturated carbocycles. The first kappa shape index (κ1) is 9.39. The minimum absolute atomic E-state index is 0.0744. The van der Waals surface area contributed by atoms with E-state index in [1.54, 1.807) is 0 Å². The average Bonchev–Trinajstić information content (AvgIpc) is 1.87. The maximum Gasteiger partial charge on any atom is 0.250 e. The zero-order valence-electron chi connectivity index (χ0n) is 6.24. The lowest BCUT2D eigenvalue weighted by molar-refractivity contribution is -0.138. The van der Waals surface area contributed by atoms with Crippen LogP contribution < -0.4 is 0 Å². The van der Waals surface area contributed by atoms with Gasteiger partial charge >= 0.3 is 0 Å². The zero-order chi connectivity index (χ0) is 8.15. The van der Waals surface area contributed by atoms with Crippen LogP contribution in [0, 0.1) is 0 Å². The van der Waals surface area contributed by atoms with Crippen molar-refractivity contribution in [2.45, 2.75) is 13.0 Å². The summed E-state index contributed by atoms with van der Waals surface area (Å²) in [5.41, 5.74) is 0. The van der Waals surface area contributed by atoms with Crippen LogP contribution in [0.3, 0.4) is 0 Å². The molecule has 0 aromatic heterocycles. The van der Waals surface area contributed by atoms with Crippen LogP contribution in [0.2, 0.25) is 0 Å². The van der Waals surface area contributed by atoms with E-state index in [0.29, 0.717) is 0 Å². The number of aliphatic hydroxyl groups is 2. The Morgan fingerprint density at radius 1 is 1.70 bits per heavy atom. The second-order valence-corrected chi connectivity index (χ2v) is 2.16. The summed E-state index contributed by atoms with van der Waals surface area (Å²) in [5, 5.41) is 17.1. The largest absolute Gasteiger partial charge is 0.395 e. The van der Waals surface area contributed by atoms with Crippen LogP contribution in [0.5, 0.6) is 0 Å². The van der Waals surface area contributed by atoms with E-state index in [4.69, 9.17) is 10.2 Å². The van der Waals surface area contributed by atoms with Gasteiger partial charge in [-0.1, -0.05) is 0 Å². The molecule has 0 bridgehead atoms. The molecule has 0 rings (SSSR count). The normalized spacial score (nSPS) is 12.8. The van der Waals surface area contributed by atoms with Crippen molar-refractivity contribution in [1.29, 1.82) is 0 Å². The van der Waals surface area contributed by atoms with Gasteiger partial charge in [-0.25, -0.2) is 0 Å².